The third-order valence-corrected chi connectivity index (χ3v) is 6.39. The Bertz CT molecular complexity index is 1230. The Hall–Kier alpha value is -3.51. The van der Waals surface area contributed by atoms with Crippen LogP contribution in [0.2, 0.25) is 0 Å². The van der Waals surface area contributed by atoms with Gasteiger partial charge in [0.2, 0.25) is 0 Å². The molecule has 3 heterocycles. The number of nitrogens with zero attached hydrogens (tertiary/aromatic N) is 5. The molecule has 1 fully saturated rings. The van der Waals surface area contributed by atoms with E-state index >= 15 is 0 Å². The van der Waals surface area contributed by atoms with Crippen LogP contribution in [0.15, 0.2) is 30.7 Å². The Balaban J connectivity index is 1.57. The Morgan fingerprint density at radius 3 is 2.56 bits per heavy atom. The van der Waals surface area contributed by atoms with Crippen molar-refractivity contribution in [2.24, 2.45) is 5.92 Å². The number of anilines is 1. The number of nitrogens with one attached hydrogen (secondary N) is 2. The van der Waals surface area contributed by atoms with Gasteiger partial charge in [0, 0.05) is 35.9 Å². The van der Waals surface area contributed by atoms with Crippen LogP contribution in [0.1, 0.15) is 69.3 Å². The fraction of sp³-hybridized carbons (Fsp3) is 0.480. The molecule has 178 valence electrons. The third-order valence-electron chi connectivity index (χ3n) is 6.39. The van der Waals surface area contributed by atoms with Crippen molar-refractivity contribution in [1.29, 1.82) is 5.26 Å². The lowest BCUT2D eigenvalue weighted by Gasteiger charge is -2.36. The van der Waals surface area contributed by atoms with Gasteiger partial charge >= 0.3 is 0 Å². The molecule has 1 amide bonds. The van der Waals surface area contributed by atoms with Crippen molar-refractivity contribution in [3.8, 4) is 11.9 Å². The van der Waals surface area contributed by atoms with Gasteiger partial charge in [0.05, 0.1) is 28.6 Å². The van der Waals surface area contributed by atoms with Crippen LogP contribution in [-0.4, -0.2) is 48.4 Å². The van der Waals surface area contributed by atoms with Crippen LogP contribution in [0.25, 0.3) is 16.9 Å². The highest BCUT2D eigenvalue weighted by atomic mass is 16.3. The zero-order valence-electron chi connectivity index (χ0n) is 20.0. The summed E-state index contributed by atoms with van der Waals surface area (Å²) in [5, 5.41) is 31.0. The largest absolute Gasteiger partial charge is 0.390 e. The average molecular weight is 462 g/mol. The predicted octanol–water partition coefficient (Wildman–Crippen LogP) is 3.57. The smallest absolute Gasteiger partial charge is 0.255 e. The summed E-state index contributed by atoms with van der Waals surface area (Å²) in [7, 11) is 0. The van der Waals surface area contributed by atoms with Crippen molar-refractivity contribution in [1.82, 2.24) is 25.1 Å². The van der Waals surface area contributed by atoms with Crippen molar-refractivity contribution >= 4 is 22.6 Å². The first-order chi connectivity index (χ1) is 16.2. The number of pyridine rings is 2. The maximum absolute atomic E-state index is 13.2. The number of carbonyl (C=O) groups is 1. The van der Waals surface area contributed by atoms with Crippen LogP contribution in [0.4, 0.5) is 5.69 Å². The van der Waals surface area contributed by atoms with E-state index in [-0.39, 0.29) is 23.9 Å². The van der Waals surface area contributed by atoms with Gasteiger partial charge in [-0.2, -0.15) is 15.0 Å². The number of hydrogen-bond acceptors (Lipinski definition) is 7. The number of carbonyl (C=O) groups excluding carboxylic acids is 1. The fourth-order valence-electron chi connectivity index (χ4n) is 4.53. The number of rotatable bonds is 6. The molecule has 1 aliphatic carbocycles. The molecular formula is C25H31N7O2. The zero-order valence-corrected chi connectivity index (χ0v) is 20.0. The first-order valence-corrected chi connectivity index (χ1v) is 11.7. The highest BCUT2D eigenvalue weighted by molar-refractivity contribution is 5.99. The van der Waals surface area contributed by atoms with E-state index in [1.165, 1.54) is 6.20 Å². The summed E-state index contributed by atoms with van der Waals surface area (Å²) in [5.41, 5.74) is 1.50. The van der Waals surface area contributed by atoms with Crippen LogP contribution in [-0.2, 0) is 0 Å². The molecule has 4 rings (SSSR count). The van der Waals surface area contributed by atoms with Gasteiger partial charge in [-0.25, -0.2) is 9.97 Å². The van der Waals surface area contributed by atoms with Gasteiger partial charge in [-0.3, -0.25) is 4.79 Å². The van der Waals surface area contributed by atoms with Crippen molar-refractivity contribution in [2.75, 3.05) is 5.32 Å². The standard InChI is InChI=1S/C25H31N7O2/c1-15(2)30-21-10-22(32-23-17(13-29-32)9-16(11-26)12-28-23)27-14-20(21)24(33)31-19-7-5-18(6-8-19)25(3,4)34/h9-10,12-15,18-19,34H,5-8H2,1-4H3,(H,27,30)(H,31,33). The second-order valence-corrected chi connectivity index (χ2v) is 9.87. The number of nitriles is 1. The summed E-state index contributed by atoms with van der Waals surface area (Å²) in [6.45, 7) is 7.73. The molecule has 0 unspecified atom stereocenters. The molecule has 3 aromatic rings. The number of aliphatic hydroxyl groups is 1. The molecule has 0 bridgehead atoms. The van der Waals surface area contributed by atoms with E-state index in [0.29, 0.717) is 28.3 Å². The Morgan fingerprint density at radius 1 is 1.18 bits per heavy atom. The molecular weight excluding hydrogens is 430 g/mol. The van der Waals surface area contributed by atoms with E-state index in [9.17, 15) is 9.90 Å². The first kappa shape index (κ1) is 23.6. The van der Waals surface area contributed by atoms with Crippen molar-refractivity contribution in [2.45, 2.75) is 71.1 Å². The van der Waals surface area contributed by atoms with Gasteiger partial charge in [0.15, 0.2) is 11.5 Å². The zero-order chi connectivity index (χ0) is 24.5. The minimum Gasteiger partial charge on any atom is -0.390 e. The molecule has 0 aromatic carbocycles. The van der Waals surface area contributed by atoms with Gasteiger partial charge in [-0.05, 0) is 65.4 Å². The second kappa shape index (κ2) is 9.39. The highest BCUT2D eigenvalue weighted by Gasteiger charge is 2.32. The highest BCUT2D eigenvalue weighted by Crippen LogP contribution is 2.32. The van der Waals surface area contributed by atoms with E-state index in [1.54, 1.807) is 29.2 Å². The number of amides is 1. The van der Waals surface area contributed by atoms with Crippen LogP contribution in [0.3, 0.4) is 0 Å². The minimum absolute atomic E-state index is 0.0752. The summed E-state index contributed by atoms with van der Waals surface area (Å²) in [5.74, 6) is 0.607. The summed E-state index contributed by atoms with van der Waals surface area (Å²) >= 11 is 0. The van der Waals surface area contributed by atoms with Gasteiger partial charge in [-0.15, -0.1) is 0 Å². The van der Waals surface area contributed by atoms with Crippen LogP contribution in [0.5, 0.6) is 0 Å². The first-order valence-electron chi connectivity index (χ1n) is 11.7. The normalized spacial score (nSPS) is 18.6. The molecule has 34 heavy (non-hydrogen) atoms. The molecule has 0 radical (unpaired) electrons. The topological polar surface area (TPSA) is 129 Å². The van der Waals surface area contributed by atoms with Crippen LogP contribution in [0, 0.1) is 17.2 Å². The van der Waals surface area contributed by atoms with E-state index in [2.05, 4.69) is 31.8 Å². The monoisotopic (exact) mass is 461 g/mol. The summed E-state index contributed by atoms with van der Waals surface area (Å²) in [6.07, 6.45) is 8.16. The summed E-state index contributed by atoms with van der Waals surface area (Å²) in [6, 6.07) is 5.79. The molecule has 0 spiro atoms. The Morgan fingerprint density at radius 2 is 1.91 bits per heavy atom. The molecule has 9 heteroatoms. The van der Waals surface area contributed by atoms with Crippen LogP contribution < -0.4 is 10.6 Å². The Kier molecular flexibility index (Phi) is 6.53. The van der Waals surface area contributed by atoms with Crippen molar-refractivity contribution in [3.63, 3.8) is 0 Å². The van der Waals surface area contributed by atoms with E-state index in [1.807, 2.05) is 27.7 Å². The molecule has 9 nitrogen and oxygen atoms in total. The maximum atomic E-state index is 13.2. The van der Waals surface area contributed by atoms with Crippen LogP contribution >= 0.6 is 0 Å². The van der Waals surface area contributed by atoms with Gasteiger partial charge in [0.25, 0.3) is 5.91 Å². The minimum atomic E-state index is -0.690. The van der Waals surface area contributed by atoms with Gasteiger partial charge in [0.1, 0.15) is 6.07 Å². The maximum Gasteiger partial charge on any atom is 0.255 e. The third kappa shape index (κ3) is 5.02. The van der Waals surface area contributed by atoms with E-state index in [4.69, 9.17) is 5.26 Å². The second-order valence-electron chi connectivity index (χ2n) is 9.87. The lowest BCUT2D eigenvalue weighted by atomic mass is 9.77. The average Bonchev–Trinajstić information content (AvgIpc) is 3.21. The number of aromatic nitrogens is 4. The number of fused-ring (bicyclic) bond motifs is 1. The fourth-order valence-corrected chi connectivity index (χ4v) is 4.53. The van der Waals surface area contributed by atoms with Crippen molar-refractivity contribution in [3.05, 3.63) is 41.9 Å². The summed E-state index contributed by atoms with van der Waals surface area (Å²) < 4.78 is 1.60. The molecule has 1 aliphatic rings. The lowest BCUT2D eigenvalue weighted by Crippen LogP contribution is -2.42. The lowest BCUT2D eigenvalue weighted by molar-refractivity contribution is -0.00257. The Labute approximate surface area is 199 Å². The SMILES string of the molecule is CC(C)Nc1cc(-n2ncc3cc(C#N)cnc32)ncc1C(=O)NC1CCC(C(C)(C)O)CC1. The molecule has 1 saturated carbocycles. The molecule has 0 aliphatic heterocycles. The van der Waals surface area contributed by atoms with Gasteiger partial charge in [-0.1, -0.05) is 0 Å². The predicted molar refractivity (Wildman–Crippen MR) is 130 cm³/mol. The molecule has 0 atom stereocenters. The molecule has 3 N–H and O–H groups in total. The molecule has 0 saturated heterocycles. The summed E-state index contributed by atoms with van der Waals surface area (Å²) in [4.78, 5) is 22.0. The van der Waals surface area contributed by atoms with E-state index in [0.717, 1.165) is 31.1 Å². The van der Waals surface area contributed by atoms with E-state index < -0.39 is 5.60 Å². The van der Waals surface area contributed by atoms with Gasteiger partial charge < -0.3 is 15.7 Å². The quantitative estimate of drug-likeness (QED) is 0.512. The number of hydrogen-bond donors (Lipinski definition) is 3. The molecule has 3 aromatic heterocycles. The van der Waals surface area contributed by atoms with Crippen molar-refractivity contribution < 1.29 is 9.90 Å².